The highest BCUT2D eigenvalue weighted by Gasteiger charge is 2.00. The van der Waals surface area contributed by atoms with E-state index < -0.39 is 0 Å². The van der Waals surface area contributed by atoms with Crippen molar-refractivity contribution in [2.75, 3.05) is 5.32 Å². The van der Waals surface area contributed by atoms with Gasteiger partial charge in [-0.05, 0) is 19.1 Å². The van der Waals surface area contributed by atoms with Crippen LogP contribution in [0.4, 0.5) is 5.69 Å². The van der Waals surface area contributed by atoms with Gasteiger partial charge in [0.05, 0.1) is 6.20 Å². The van der Waals surface area contributed by atoms with E-state index >= 15 is 0 Å². The third-order valence-electron chi connectivity index (χ3n) is 2.14. The molecule has 0 aliphatic heterocycles. The lowest BCUT2D eigenvalue weighted by Gasteiger charge is -2.05. The van der Waals surface area contributed by atoms with Crippen LogP contribution >= 0.6 is 11.6 Å². The van der Waals surface area contributed by atoms with Crippen molar-refractivity contribution in [3.8, 4) is 0 Å². The maximum Gasteiger partial charge on any atom is 0.131 e. The zero-order valence-corrected chi connectivity index (χ0v) is 9.04. The topological polar surface area (TPSA) is 53.6 Å². The number of H-pyrrole nitrogens is 1. The number of nitrogens with one attached hydrogen (secondary N) is 2. The predicted molar refractivity (Wildman–Crippen MR) is 59.9 cm³/mol. The molecule has 2 heterocycles. The van der Waals surface area contributed by atoms with Gasteiger partial charge in [0, 0.05) is 29.7 Å². The molecule has 0 saturated heterocycles. The molecule has 2 N–H and O–H groups in total. The number of aromatic nitrogens is 3. The van der Waals surface area contributed by atoms with Crippen LogP contribution in [-0.4, -0.2) is 15.2 Å². The lowest BCUT2D eigenvalue weighted by Crippen LogP contribution is -1.99. The summed E-state index contributed by atoms with van der Waals surface area (Å²) in [5.74, 6) is 0. The maximum atomic E-state index is 5.77. The minimum absolute atomic E-state index is 0.490. The van der Waals surface area contributed by atoms with Crippen LogP contribution in [0.2, 0.25) is 5.15 Å². The number of hydrogen-bond acceptors (Lipinski definition) is 3. The number of rotatable bonds is 3. The zero-order valence-electron chi connectivity index (χ0n) is 8.29. The van der Waals surface area contributed by atoms with E-state index in [-0.39, 0.29) is 0 Å². The van der Waals surface area contributed by atoms with Gasteiger partial charge >= 0.3 is 0 Å². The van der Waals surface area contributed by atoms with Crippen molar-refractivity contribution >= 4 is 17.3 Å². The molecule has 0 aliphatic carbocycles. The fraction of sp³-hybridized carbons (Fsp3) is 0.200. The summed E-state index contributed by atoms with van der Waals surface area (Å²) in [5.41, 5.74) is 3.17. The Morgan fingerprint density at radius 2 is 2.40 bits per heavy atom. The number of aromatic amines is 1. The van der Waals surface area contributed by atoms with Gasteiger partial charge in [-0.3, -0.25) is 5.10 Å². The quantitative estimate of drug-likeness (QED) is 0.784. The third-order valence-corrected chi connectivity index (χ3v) is 2.35. The van der Waals surface area contributed by atoms with Crippen LogP contribution < -0.4 is 5.32 Å². The van der Waals surface area contributed by atoms with Crippen molar-refractivity contribution in [1.82, 2.24) is 15.2 Å². The van der Waals surface area contributed by atoms with Crippen LogP contribution in [0.3, 0.4) is 0 Å². The smallest absolute Gasteiger partial charge is 0.131 e. The zero-order chi connectivity index (χ0) is 10.7. The lowest BCUT2D eigenvalue weighted by atomic mass is 10.2. The van der Waals surface area contributed by atoms with E-state index in [1.165, 1.54) is 0 Å². The molecular formula is C10H11ClN4. The molecule has 0 aromatic carbocycles. The number of hydrogen-bond donors (Lipinski definition) is 2. The van der Waals surface area contributed by atoms with E-state index in [0.717, 1.165) is 23.5 Å². The molecule has 0 radical (unpaired) electrons. The summed E-state index contributed by atoms with van der Waals surface area (Å²) in [5, 5.41) is 10.6. The second-order valence-electron chi connectivity index (χ2n) is 3.24. The van der Waals surface area contributed by atoms with E-state index in [1.807, 2.05) is 19.2 Å². The molecule has 15 heavy (non-hydrogen) atoms. The first kappa shape index (κ1) is 9.98. The molecule has 0 amide bonds. The Labute approximate surface area is 92.7 Å². The number of halogens is 1. The Balaban J connectivity index is 2.02. The second-order valence-corrected chi connectivity index (χ2v) is 3.63. The highest BCUT2D eigenvalue weighted by atomic mass is 35.5. The van der Waals surface area contributed by atoms with Crippen LogP contribution in [0.25, 0.3) is 0 Å². The molecule has 0 fully saturated rings. The van der Waals surface area contributed by atoms with Gasteiger partial charge in [-0.1, -0.05) is 11.6 Å². The Hall–Kier alpha value is -1.55. The maximum absolute atomic E-state index is 5.77. The minimum Gasteiger partial charge on any atom is -0.381 e. The summed E-state index contributed by atoms with van der Waals surface area (Å²) in [6.45, 7) is 2.71. The summed E-state index contributed by atoms with van der Waals surface area (Å²) < 4.78 is 0. The van der Waals surface area contributed by atoms with Gasteiger partial charge in [-0.25, -0.2) is 4.98 Å². The van der Waals surface area contributed by atoms with E-state index in [9.17, 15) is 0 Å². The first-order valence-corrected chi connectivity index (χ1v) is 4.98. The van der Waals surface area contributed by atoms with Crippen LogP contribution in [0, 0.1) is 6.92 Å². The molecule has 78 valence electrons. The highest BCUT2D eigenvalue weighted by molar-refractivity contribution is 6.29. The predicted octanol–water partition coefficient (Wildman–Crippen LogP) is 2.38. The summed E-state index contributed by atoms with van der Waals surface area (Å²) in [6.07, 6.45) is 3.48. The monoisotopic (exact) mass is 222 g/mol. The molecule has 4 nitrogen and oxygen atoms in total. The molecule has 0 bridgehead atoms. The Morgan fingerprint density at radius 3 is 3.07 bits per heavy atom. The van der Waals surface area contributed by atoms with Crippen molar-refractivity contribution in [2.45, 2.75) is 13.5 Å². The molecule has 0 unspecified atom stereocenters. The average Bonchev–Trinajstić information content (AvgIpc) is 2.61. The summed E-state index contributed by atoms with van der Waals surface area (Å²) in [6, 6.07) is 3.66. The van der Waals surface area contributed by atoms with Crippen molar-refractivity contribution in [3.63, 3.8) is 0 Å². The van der Waals surface area contributed by atoms with Crippen LogP contribution in [0.1, 0.15) is 11.3 Å². The highest BCUT2D eigenvalue weighted by Crippen LogP contribution is 2.13. The normalized spacial score (nSPS) is 10.3. The fourth-order valence-electron chi connectivity index (χ4n) is 1.26. The van der Waals surface area contributed by atoms with Crippen molar-refractivity contribution in [2.24, 2.45) is 0 Å². The van der Waals surface area contributed by atoms with Gasteiger partial charge in [-0.15, -0.1) is 0 Å². The Bertz CT molecular complexity index is 452. The molecule has 5 heteroatoms. The van der Waals surface area contributed by atoms with Gasteiger partial charge in [0.25, 0.3) is 0 Å². The molecule has 2 aromatic heterocycles. The molecule has 0 atom stereocenters. The Kier molecular flexibility index (Phi) is 2.87. The number of pyridine rings is 1. The summed E-state index contributed by atoms with van der Waals surface area (Å²) in [4.78, 5) is 3.91. The van der Waals surface area contributed by atoms with Gasteiger partial charge in [0.15, 0.2) is 0 Å². The first-order chi connectivity index (χ1) is 7.25. The van der Waals surface area contributed by atoms with Gasteiger partial charge in [-0.2, -0.15) is 5.10 Å². The number of nitrogens with zero attached hydrogens (tertiary/aromatic N) is 2. The largest absolute Gasteiger partial charge is 0.381 e. The van der Waals surface area contributed by atoms with Gasteiger partial charge in [0.1, 0.15) is 5.15 Å². The van der Waals surface area contributed by atoms with Gasteiger partial charge in [0.2, 0.25) is 0 Å². The fourth-order valence-corrected chi connectivity index (χ4v) is 1.44. The number of anilines is 1. The van der Waals surface area contributed by atoms with E-state index in [4.69, 9.17) is 11.6 Å². The molecular weight excluding hydrogens is 212 g/mol. The average molecular weight is 223 g/mol. The van der Waals surface area contributed by atoms with E-state index in [2.05, 4.69) is 20.5 Å². The minimum atomic E-state index is 0.490. The van der Waals surface area contributed by atoms with Crippen molar-refractivity contribution in [1.29, 1.82) is 0 Å². The molecule has 0 spiro atoms. The molecule has 0 aliphatic rings. The second kappa shape index (κ2) is 4.31. The van der Waals surface area contributed by atoms with E-state index in [0.29, 0.717) is 5.15 Å². The standard InChI is InChI=1S/C10H11ClN4/c1-7-8(6-14-15-7)5-13-9-2-3-12-10(11)4-9/h2-4,6H,5H2,1H3,(H,12,13)(H,14,15). The molecule has 2 rings (SSSR count). The first-order valence-electron chi connectivity index (χ1n) is 4.60. The third kappa shape index (κ3) is 2.47. The van der Waals surface area contributed by atoms with Crippen molar-refractivity contribution < 1.29 is 0 Å². The van der Waals surface area contributed by atoms with Crippen LogP contribution in [0.5, 0.6) is 0 Å². The van der Waals surface area contributed by atoms with Gasteiger partial charge < -0.3 is 5.32 Å². The Morgan fingerprint density at radius 1 is 1.53 bits per heavy atom. The molecule has 2 aromatic rings. The van der Waals surface area contributed by atoms with E-state index in [1.54, 1.807) is 12.3 Å². The van der Waals surface area contributed by atoms with Crippen LogP contribution in [0.15, 0.2) is 24.5 Å². The molecule has 0 saturated carbocycles. The SMILES string of the molecule is Cc1[nH]ncc1CNc1ccnc(Cl)c1. The van der Waals surface area contributed by atoms with Crippen molar-refractivity contribution in [3.05, 3.63) is 40.9 Å². The van der Waals surface area contributed by atoms with Crippen LogP contribution in [-0.2, 0) is 6.54 Å². The summed E-state index contributed by atoms with van der Waals surface area (Å²) in [7, 11) is 0. The lowest BCUT2D eigenvalue weighted by molar-refractivity contribution is 1.04. The number of aryl methyl sites for hydroxylation is 1. The summed E-state index contributed by atoms with van der Waals surface area (Å²) >= 11 is 5.77.